The fraction of sp³-hybridized carbons (Fsp3) is 0.316. The number of benzene rings is 1. The van der Waals surface area contributed by atoms with Crippen LogP contribution in [0.5, 0.6) is 0 Å². The van der Waals surface area contributed by atoms with Gasteiger partial charge in [-0.05, 0) is 42.3 Å². The van der Waals surface area contributed by atoms with Crippen LogP contribution in [0.15, 0.2) is 41.4 Å². The summed E-state index contributed by atoms with van der Waals surface area (Å²) in [6.45, 7) is 4.05. The van der Waals surface area contributed by atoms with Gasteiger partial charge in [0.25, 0.3) is 5.91 Å². The lowest BCUT2D eigenvalue weighted by molar-refractivity contribution is 0.0694. The number of aryl methyl sites for hydroxylation is 1. The molecule has 0 radical (unpaired) electrons. The summed E-state index contributed by atoms with van der Waals surface area (Å²) in [6, 6.07) is 1.52. The van der Waals surface area contributed by atoms with Crippen molar-refractivity contribution in [2.75, 3.05) is 6.54 Å². The average Bonchev–Trinajstić information content (AvgIpc) is 3.21. The molecule has 3 rings (SSSR count). The standard InChI is InChI=1S/C19H19BrF2N6O/c1-3-27(12(2)4-5-17-23-10-13(20)11-24-17)19(29)15-8-14(21)9-16(22)18(15)28-25-6-7-26-28/h6-12H,3-5H2,1-2H3/t12-/m0/s1. The van der Waals surface area contributed by atoms with Crippen molar-refractivity contribution in [2.24, 2.45) is 0 Å². The Morgan fingerprint density at radius 2 is 1.86 bits per heavy atom. The quantitative estimate of drug-likeness (QED) is 0.533. The van der Waals surface area contributed by atoms with Gasteiger partial charge in [0.1, 0.15) is 17.3 Å². The van der Waals surface area contributed by atoms with Gasteiger partial charge in [-0.2, -0.15) is 10.2 Å². The molecule has 0 N–H and O–H groups in total. The van der Waals surface area contributed by atoms with Gasteiger partial charge in [0.2, 0.25) is 0 Å². The van der Waals surface area contributed by atoms with Crippen molar-refractivity contribution in [1.29, 1.82) is 0 Å². The van der Waals surface area contributed by atoms with Gasteiger partial charge >= 0.3 is 0 Å². The summed E-state index contributed by atoms with van der Waals surface area (Å²) in [5.74, 6) is -1.59. The molecule has 2 heterocycles. The van der Waals surface area contributed by atoms with Gasteiger partial charge in [-0.25, -0.2) is 18.7 Å². The highest BCUT2D eigenvalue weighted by Gasteiger charge is 2.26. The fourth-order valence-corrected chi connectivity index (χ4v) is 3.24. The molecule has 0 saturated carbocycles. The predicted octanol–water partition coefficient (Wildman–Crippen LogP) is 3.58. The number of nitrogens with zero attached hydrogens (tertiary/aromatic N) is 6. The number of hydrogen-bond donors (Lipinski definition) is 0. The Labute approximate surface area is 174 Å². The van der Waals surface area contributed by atoms with Gasteiger partial charge in [-0.3, -0.25) is 4.79 Å². The molecular formula is C19H19BrF2N6O. The third-order valence-corrected chi connectivity index (χ3v) is 4.88. The molecule has 1 atom stereocenters. The molecule has 0 unspecified atom stereocenters. The van der Waals surface area contributed by atoms with Gasteiger partial charge in [0.15, 0.2) is 5.82 Å². The highest BCUT2D eigenvalue weighted by molar-refractivity contribution is 9.10. The fourth-order valence-electron chi connectivity index (χ4n) is 3.04. The lowest BCUT2D eigenvalue weighted by Crippen LogP contribution is -2.39. The van der Waals surface area contributed by atoms with Crippen LogP contribution in [0.2, 0.25) is 0 Å². The molecule has 29 heavy (non-hydrogen) atoms. The molecule has 0 saturated heterocycles. The zero-order chi connectivity index (χ0) is 21.0. The molecule has 0 aliphatic carbocycles. The van der Waals surface area contributed by atoms with Crippen molar-refractivity contribution in [2.45, 2.75) is 32.7 Å². The molecule has 1 amide bonds. The van der Waals surface area contributed by atoms with Crippen LogP contribution in [-0.4, -0.2) is 48.4 Å². The predicted molar refractivity (Wildman–Crippen MR) is 106 cm³/mol. The Kier molecular flexibility index (Phi) is 6.63. The van der Waals surface area contributed by atoms with Crippen LogP contribution in [-0.2, 0) is 6.42 Å². The Bertz CT molecular complexity index is 981. The maximum Gasteiger partial charge on any atom is 0.256 e. The SMILES string of the molecule is CCN(C(=O)c1cc(F)cc(F)c1-n1nccn1)[C@@H](C)CCc1ncc(Br)cn1. The molecule has 3 aromatic rings. The van der Waals surface area contributed by atoms with Gasteiger partial charge in [-0.1, -0.05) is 0 Å². The van der Waals surface area contributed by atoms with Crippen molar-refractivity contribution < 1.29 is 13.6 Å². The highest BCUT2D eigenvalue weighted by Crippen LogP contribution is 2.22. The summed E-state index contributed by atoms with van der Waals surface area (Å²) in [4.78, 5) is 24.2. The minimum absolute atomic E-state index is 0.132. The summed E-state index contributed by atoms with van der Waals surface area (Å²) in [5.41, 5.74) is -0.310. The van der Waals surface area contributed by atoms with E-state index in [2.05, 4.69) is 36.1 Å². The molecule has 1 aromatic carbocycles. The van der Waals surface area contributed by atoms with Crippen LogP contribution in [0.1, 0.15) is 36.5 Å². The van der Waals surface area contributed by atoms with Crippen molar-refractivity contribution in [3.05, 3.63) is 64.4 Å². The van der Waals surface area contributed by atoms with Crippen molar-refractivity contribution >= 4 is 21.8 Å². The number of carbonyl (C=O) groups excluding carboxylic acids is 1. The van der Waals surface area contributed by atoms with E-state index in [1.54, 1.807) is 17.3 Å². The Morgan fingerprint density at radius 1 is 1.21 bits per heavy atom. The molecule has 0 fully saturated rings. The average molecular weight is 465 g/mol. The lowest BCUT2D eigenvalue weighted by atomic mass is 10.1. The van der Waals surface area contributed by atoms with E-state index in [9.17, 15) is 13.6 Å². The summed E-state index contributed by atoms with van der Waals surface area (Å²) in [5, 5.41) is 7.77. The monoisotopic (exact) mass is 464 g/mol. The number of carbonyl (C=O) groups is 1. The van der Waals surface area contributed by atoms with Crippen molar-refractivity contribution in [3.63, 3.8) is 0 Å². The molecule has 0 bridgehead atoms. The number of halogens is 3. The summed E-state index contributed by atoms with van der Waals surface area (Å²) < 4.78 is 29.2. The second-order valence-corrected chi connectivity index (χ2v) is 7.31. The molecule has 2 aromatic heterocycles. The maximum absolute atomic E-state index is 14.5. The van der Waals surface area contributed by atoms with E-state index in [4.69, 9.17) is 0 Å². The highest BCUT2D eigenvalue weighted by atomic mass is 79.9. The lowest BCUT2D eigenvalue weighted by Gasteiger charge is -2.28. The van der Waals surface area contributed by atoms with Crippen LogP contribution in [0.25, 0.3) is 5.69 Å². The van der Waals surface area contributed by atoms with E-state index in [1.807, 2.05) is 13.8 Å². The Hall–Kier alpha value is -2.75. The number of hydrogen-bond acceptors (Lipinski definition) is 5. The second-order valence-electron chi connectivity index (χ2n) is 6.40. The van der Waals surface area contributed by atoms with Gasteiger partial charge in [0, 0.05) is 37.5 Å². The van der Waals surface area contributed by atoms with Crippen LogP contribution < -0.4 is 0 Å². The van der Waals surface area contributed by atoms with Crippen LogP contribution in [0.3, 0.4) is 0 Å². The number of amides is 1. The van der Waals surface area contributed by atoms with E-state index in [0.29, 0.717) is 31.3 Å². The third-order valence-electron chi connectivity index (χ3n) is 4.47. The molecule has 10 heteroatoms. The maximum atomic E-state index is 14.5. The second kappa shape index (κ2) is 9.17. The first-order chi connectivity index (χ1) is 13.9. The van der Waals surface area contributed by atoms with E-state index < -0.39 is 17.5 Å². The molecule has 0 aliphatic rings. The van der Waals surface area contributed by atoms with Crippen LogP contribution >= 0.6 is 15.9 Å². The Balaban J connectivity index is 1.84. The molecule has 7 nitrogen and oxygen atoms in total. The first-order valence-corrected chi connectivity index (χ1v) is 9.83. The van der Waals surface area contributed by atoms with Gasteiger partial charge < -0.3 is 4.90 Å². The van der Waals surface area contributed by atoms with E-state index in [0.717, 1.165) is 15.3 Å². The van der Waals surface area contributed by atoms with Crippen LogP contribution in [0.4, 0.5) is 8.78 Å². The molecule has 152 valence electrons. The topological polar surface area (TPSA) is 76.8 Å². The number of rotatable bonds is 7. The molecular weight excluding hydrogens is 446 g/mol. The molecule has 0 spiro atoms. The zero-order valence-electron chi connectivity index (χ0n) is 15.9. The Morgan fingerprint density at radius 3 is 2.48 bits per heavy atom. The minimum Gasteiger partial charge on any atom is -0.336 e. The van der Waals surface area contributed by atoms with Gasteiger partial charge in [-0.15, -0.1) is 4.80 Å². The van der Waals surface area contributed by atoms with Crippen molar-refractivity contribution in [1.82, 2.24) is 29.9 Å². The van der Waals surface area contributed by atoms with Gasteiger partial charge in [0.05, 0.1) is 22.4 Å². The summed E-state index contributed by atoms with van der Waals surface area (Å²) in [6.07, 6.45) is 7.19. The summed E-state index contributed by atoms with van der Waals surface area (Å²) >= 11 is 3.29. The van der Waals surface area contributed by atoms with Crippen LogP contribution in [0, 0.1) is 11.6 Å². The third kappa shape index (κ3) is 4.81. The first-order valence-electron chi connectivity index (χ1n) is 9.03. The van der Waals surface area contributed by atoms with E-state index in [-0.39, 0.29) is 17.3 Å². The van der Waals surface area contributed by atoms with Crippen molar-refractivity contribution in [3.8, 4) is 5.69 Å². The smallest absolute Gasteiger partial charge is 0.256 e. The molecule has 0 aliphatic heterocycles. The van der Waals surface area contributed by atoms with E-state index >= 15 is 0 Å². The minimum atomic E-state index is -0.906. The zero-order valence-corrected chi connectivity index (χ0v) is 17.5. The largest absolute Gasteiger partial charge is 0.336 e. The normalized spacial score (nSPS) is 12.0. The number of aromatic nitrogens is 5. The summed E-state index contributed by atoms with van der Waals surface area (Å²) in [7, 11) is 0. The first kappa shape index (κ1) is 21.0. The van der Waals surface area contributed by atoms with E-state index in [1.165, 1.54) is 12.4 Å².